The number of hydrogen-bond acceptors (Lipinski definition) is 3. The molecule has 23 heavy (non-hydrogen) atoms. The number of rotatable bonds is 2. The Bertz CT molecular complexity index is 651. The molecule has 2 heterocycles. The second-order valence-electron chi connectivity index (χ2n) is 5.53. The van der Waals surface area contributed by atoms with Crippen LogP contribution >= 0.6 is 24.8 Å². The van der Waals surface area contributed by atoms with Gasteiger partial charge in [-0.3, -0.25) is 9.78 Å². The minimum Gasteiger partial charge on any atom is -0.336 e. The van der Waals surface area contributed by atoms with Gasteiger partial charge in [-0.25, -0.2) is 0 Å². The number of halogens is 2. The van der Waals surface area contributed by atoms with E-state index in [4.69, 9.17) is 5.73 Å². The second-order valence-corrected chi connectivity index (χ2v) is 5.53. The topological polar surface area (TPSA) is 59.2 Å². The van der Waals surface area contributed by atoms with E-state index in [1.165, 1.54) is 5.56 Å². The largest absolute Gasteiger partial charge is 0.336 e. The summed E-state index contributed by atoms with van der Waals surface area (Å²) in [5, 5.41) is 0. The molecule has 1 fully saturated rings. The van der Waals surface area contributed by atoms with Crippen molar-refractivity contribution in [1.29, 1.82) is 0 Å². The molecular weight excluding hydrogens is 333 g/mol. The number of carbonyl (C=O) groups is 1. The summed E-state index contributed by atoms with van der Waals surface area (Å²) in [5.41, 5.74) is 8.87. The second kappa shape index (κ2) is 8.29. The number of pyridine rings is 1. The van der Waals surface area contributed by atoms with Crippen molar-refractivity contribution in [3.8, 4) is 0 Å². The molecule has 1 aromatic carbocycles. The molecule has 0 bridgehead atoms. The molecule has 1 aromatic heterocycles. The summed E-state index contributed by atoms with van der Waals surface area (Å²) >= 11 is 0. The van der Waals surface area contributed by atoms with E-state index in [0.717, 1.165) is 5.69 Å². The Hall–Kier alpha value is -1.62. The smallest absolute Gasteiger partial charge is 0.255 e. The van der Waals surface area contributed by atoms with Crippen LogP contribution in [0.1, 0.15) is 27.5 Å². The lowest BCUT2D eigenvalue weighted by Gasteiger charge is -2.17. The maximum atomic E-state index is 12.6. The van der Waals surface area contributed by atoms with Gasteiger partial charge in [0.15, 0.2) is 0 Å². The van der Waals surface area contributed by atoms with Crippen molar-refractivity contribution in [2.24, 2.45) is 5.73 Å². The van der Waals surface area contributed by atoms with Gasteiger partial charge in [0.05, 0.1) is 5.56 Å². The van der Waals surface area contributed by atoms with Gasteiger partial charge in [-0.1, -0.05) is 30.3 Å². The van der Waals surface area contributed by atoms with E-state index in [2.05, 4.69) is 17.1 Å². The average Bonchev–Trinajstić information content (AvgIpc) is 2.90. The zero-order valence-electron chi connectivity index (χ0n) is 12.9. The van der Waals surface area contributed by atoms with Crippen molar-refractivity contribution in [3.05, 3.63) is 65.5 Å². The molecule has 124 valence electrons. The molecule has 0 aliphatic carbocycles. The van der Waals surface area contributed by atoms with Gasteiger partial charge in [-0.15, -0.1) is 24.8 Å². The minimum absolute atomic E-state index is 0. The van der Waals surface area contributed by atoms with Crippen LogP contribution in [-0.2, 0) is 0 Å². The Labute approximate surface area is 148 Å². The highest BCUT2D eigenvalue weighted by Crippen LogP contribution is 2.27. The van der Waals surface area contributed by atoms with Gasteiger partial charge in [0.25, 0.3) is 5.91 Å². The number of nitrogens with two attached hydrogens (primary N) is 1. The number of nitrogens with zero attached hydrogens (tertiary/aromatic N) is 2. The lowest BCUT2D eigenvalue weighted by atomic mass is 9.95. The highest BCUT2D eigenvalue weighted by Gasteiger charge is 2.34. The number of amides is 1. The fourth-order valence-corrected chi connectivity index (χ4v) is 2.93. The molecule has 1 aliphatic rings. The molecule has 1 amide bonds. The van der Waals surface area contributed by atoms with Crippen molar-refractivity contribution in [2.45, 2.75) is 18.9 Å². The molecule has 2 N–H and O–H groups in total. The van der Waals surface area contributed by atoms with Crippen LogP contribution in [0.5, 0.6) is 0 Å². The highest BCUT2D eigenvalue weighted by molar-refractivity contribution is 5.95. The predicted molar refractivity (Wildman–Crippen MR) is 96.5 cm³/mol. The fraction of sp³-hybridized carbons (Fsp3) is 0.294. The van der Waals surface area contributed by atoms with Crippen LogP contribution in [-0.4, -0.2) is 34.9 Å². The van der Waals surface area contributed by atoms with Gasteiger partial charge in [0, 0.05) is 36.9 Å². The standard InChI is InChI=1S/C17H19N3O.2ClH/c1-12-14(8-5-9-19-12)17(21)20-10-15(16(18)11-20)13-6-3-2-4-7-13;;/h2-9,15-16H,10-11,18H2,1H3;2*1H/t15-,16+;;/m0../s1. The molecule has 0 unspecified atom stereocenters. The van der Waals surface area contributed by atoms with Crippen molar-refractivity contribution < 1.29 is 4.79 Å². The first-order chi connectivity index (χ1) is 10.2. The zero-order valence-corrected chi connectivity index (χ0v) is 14.5. The number of aryl methyl sites for hydroxylation is 1. The van der Waals surface area contributed by atoms with Crippen LogP contribution < -0.4 is 5.73 Å². The number of likely N-dealkylation sites (tertiary alicyclic amines) is 1. The monoisotopic (exact) mass is 353 g/mol. The maximum Gasteiger partial charge on any atom is 0.255 e. The first-order valence-electron chi connectivity index (χ1n) is 7.18. The summed E-state index contributed by atoms with van der Waals surface area (Å²) in [5.74, 6) is 0.224. The number of hydrogen-bond donors (Lipinski definition) is 1. The fourth-order valence-electron chi connectivity index (χ4n) is 2.93. The molecule has 1 saturated heterocycles. The van der Waals surface area contributed by atoms with Gasteiger partial charge < -0.3 is 10.6 Å². The molecule has 0 radical (unpaired) electrons. The number of aromatic nitrogens is 1. The molecule has 0 spiro atoms. The van der Waals surface area contributed by atoms with Crippen molar-refractivity contribution in [2.75, 3.05) is 13.1 Å². The van der Waals surface area contributed by atoms with E-state index < -0.39 is 0 Å². The molecule has 1 aliphatic heterocycles. The van der Waals surface area contributed by atoms with Gasteiger partial charge in [0.2, 0.25) is 0 Å². The van der Waals surface area contributed by atoms with Crippen LogP contribution in [0.25, 0.3) is 0 Å². The van der Waals surface area contributed by atoms with E-state index >= 15 is 0 Å². The van der Waals surface area contributed by atoms with Gasteiger partial charge in [-0.2, -0.15) is 0 Å². The maximum absolute atomic E-state index is 12.6. The molecule has 3 rings (SSSR count). The highest BCUT2D eigenvalue weighted by atomic mass is 35.5. The first kappa shape index (κ1) is 19.4. The van der Waals surface area contributed by atoms with Gasteiger partial charge in [0.1, 0.15) is 0 Å². The minimum atomic E-state index is -0.0201. The third kappa shape index (κ3) is 4.02. The van der Waals surface area contributed by atoms with Gasteiger partial charge >= 0.3 is 0 Å². The Morgan fingerprint density at radius 2 is 1.83 bits per heavy atom. The van der Waals surface area contributed by atoms with Crippen LogP contribution in [0.15, 0.2) is 48.7 Å². The number of carbonyl (C=O) groups excluding carboxylic acids is 1. The summed E-state index contributed by atoms with van der Waals surface area (Å²) in [6.45, 7) is 3.11. The molecule has 0 saturated carbocycles. The number of benzene rings is 1. The molecule has 2 aromatic rings. The van der Waals surface area contributed by atoms with Crippen molar-refractivity contribution >= 4 is 30.7 Å². The zero-order chi connectivity index (χ0) is 14.8. The Kier molecular flexibility index (Phi) is 7.01. The van der Waals surface area contributed by atoms with E-state index in [-0.39, 0.29) is 42.7 Å². The third-order valence-corrected chi connectivity index (χ3v) is 4.12. The van der Waals surface area contributed by atoms with Crippen LogP contribution in [0.3, 0.4) is 0 Å². The average molecular weight is 354 g/mol. The van der Waals surface area contributed by atoms with Crippen LogP contribution in [0.2, 0.25) is 0 Å². The van der Waals surface area contributed by atoms with Crippen LogP contribution in [0.4, 0.5) is 0 Å². The third-order valence-electron chi connectivity index (χ3n) is 4.12. The summed E-state index contributed by atoms with van der Waals surface area (Å²) in [6.07, 6.45) is 1.70. The Balaban J connectivity index is 0.00000132. The summed E-state index contributed by atoms with van der Waals surface area (Å²) in [6, 6.07) is 13.8. The first-order valence-corrected chi connectivity index (χ1v) is 7.18. The predicted octanol–water partition coefficient (Wildman–Crippen LogP) is 2.80. The Morgan fingerprint density at radius 3 is 2.48 bits per heavy atom. The molecule has 6 heteroatoms. The summed E-state index contributed by atoms with van der Waals surface area (Å²) in [7, 11) is 0. The molecule has 4 nitrogen and oxygen atoms in total. The van der Waals surface area contributed by atoms with E-state index in [9.17, 15) is 4.79 Å². The SMILES string of the molecule is Cc1ncccc1C(=O)N1C[C@@H](N)[C@H](c2ccccc2)C1.Cl.Cl. The van der Waals surface area contributed by atoms with Crippen molar-refractivity contribution in [3.63, 3.8) is 0 Å². The summed E-state index contributed by atoms with van der Waals surface area (Å²) < 4.78 is 0. The lowest BCUT2D eigenvalue weighted by Crippen LogP contribution is -2.32. The lowest BCUT2D eigenvalue weighted by molar-refractivity contribution is 0.0788. The van der Waals surface area contributed by atoms with Crippen molar-refractivity contribution in [1.82, 2.24) is 9.88 Å². The Morgan fingerprint density at radius 1 is 1.13 bits per heavy atom. The van der Waals surface area contributed by atoms with Gasteiger partial charge in [-0.05, 0) is 24.6 Å². The van der Waals surface area contributed by atoms with E-state index in [1.54, 1.807) is 12.3 Å². The molecular formula is C17H21Cl2N3O. The van der Waals surface area contributed by atoms with E-state index in [0.29, 0.717) is 18.7 Å². The quantitative estimate of drug-likeness (QED) is 0.902. The summed E-state index contributed by atoms with van der Waals surface area (Å²) in [4.78, 5) is 18.6. The normalized spacial score (nSPS) is 19.7. The van der Waals surface area contributed by atoms with Crippen LogP contribution in [0, 0.1) is 6.92 Å². The van der Waals surface area contributed by atoms with E-state index in [1.807, 2.05) is 36.1 Å². The molecule has 2 atom stereocenters.